The van der Waals surface area contributed by atoms with Crippen molar-refractivity contribution in [2.75, 3.05) is 0 Å². The Labute approximate surface area is 43.3 Å². The Kier molecular flexibility index (Phi) is 1.98. The Morgan fingerprint density at radius 3 is 1.60 bits per heavy atom. The Morgan fingerprint density at radius 1 is 1.40 bits per heavy atom. The summed E-state index contributed by atoms with van der Waals surface area (Å²) in [7, 11) is 0. The largest absolute Gasteiger partial charge is 1.00 e. The van der Waals surface area contributed by atoms with Crippen LogP contribution in [-0.2, 0) is 0 Å². The number of halogens is 1. The molecule has 0 aromatic carbocycles. The maximum absolute atomic E-state index is 2.28. The summed E-state index contributed by atoms with van der Waals surface area (Å²) in [6.07, 6.45) is 2.97. The van der Waals surface area contributed by atoms with E-state index in [1.165, 1.54) is 12.8 Å². The lowest BCUT2D eigenvalue weighted by molar-refractivity contribution is -0.000000971. The summed E-state index contributed by atoms with van der Waals surface area (Å²) in [5.74, 6) is 1.08. The van der Waals surface area contributed by atoms with Gasteiger partial charge >= 0.3 is 0 Å². The molecule has 1 saturated carbocycles. The van der Waals surface area contributed by atoms with Crippen LogP contribution in [-0.4, -0.2) is 0 Å². The molecular weight excluding hydrogens is 128 g/mol. The number of hydrogen-bond acceptors (Lipinski definition) is 0. The van der Waals surface area contributed by atoms with E-state index in [0.717, 1.165) is 5.92 Å². The lowest BCUT2D eigenvalue weighted by atomic mass is 10.5. The maximum atomic E-state index is 2.28. The molecule has 32 valence electrons. The molecule has 0 aliphatic heterocycles. The Bertz CT molecular complexity index is 22.8. The highest BCUT2D eigenvalue weighted by atomic mass is 79.9. The molecule has 0 saturated heterocycles. The molecule has 0 unspecified atom stereocenters. The van der Waals surface area contributed by atoms with Crippen molar-refractivity contribution in [1.82, 2.24) is 0 Å². The second kappa shape index (κ2) is 1.81. The van der Waals surface area contributed by atoms with Crippen molar-refractivity contribution in [1.29, 1.82) is 0 Å². The molecule has 0 heterocycles. The molecule has 0 spiro atoms. The SMILES string of the molecule is CC1CC1.[Br-]. The predicted molar refractivity (Wildman–Crippen MR) is 18.4 cm³/mol. The lowest BCUT2D eigenvalue weighted by Crippen LogP contribution is -3.00. The second-order valence-electron chi connectivity index (χ2n) is 1.68. The van der Waals surface area contributed by atoms with Crippen molar-refractivity contribution in [2.45, 2.75) is 19.8 Å². The van der Waals surface area contributed by atoms with E-state index in [-0.39, 0.29) is 17.0 Å². The molecule has 0 amide bonds. The molecule has 0 radical (unpaired) electrons. The third-order valence-electron chi connectivity index (χ3n) is 0.866. The maximum Gasteiger partial charge on any atom is -0.0443 e. The molecule has 1 aliphatic rings. The van der Waals surface area contributed by atoms with Gasteiger partial charge < -0.3 is 17.0 Å². The van der Waals surface area contributed by atoms with E-state index in [9.17, 15) is 0 Å². The van der Waals surface area contributed by atoms with Gasteiger partial charge in [0.2, 0.25) is 0 Å². The summed E-state index contributed by atoms with van der Waals surface area (Å²) >= 11 is 0. The van der Waals surface area contributed by atoms with Gasteiger partial charge in [-0.05, 0) is 5.92 Å². The van der Waals surface area contributed by atoms with Gasteiger partial charge in [-0.15, -0.1) is 0 Å². The first-order valence-electron chi connectivity index (χ1n) is 1.89. The van der Waals surface area contributed by atoms with Crippen LogP contribution in [0.5, 0.6) is 0 Å². The van der Waals surface area contributed by atoms with Crippen LogP contribution < -0.4 is 17.0 Å². The highest BCUT2D eigenvalue weighted by molar-refractivity contribution is 4.65. The first-order chi connectivity index (χ1) is 1.89. The molecule has 0 bridgehead atoms. The normalized spacial score (nSPS) is 21.0. The summed E-state index contributed by atoms with van der Waals surface area (Å²) in [4.78, 5) is 0. The Hall–Kier alpha value is 0.480. The van der Waals surface area contributed by atoms with Gasteiger partial charge in [0.05, 0.1) is 0 Å². The van der Waals surface area contributed by atoms with Crippen molar-refractivity contribution in [3.05, 3.63) is 0 Å². The second-order valence-corrected chi connectivity index (χ2v) is 1.68. The van der Waals surface area contributed by atoms with Crippen LogP contribution in [0.2, 0.25) is 0 Å². The zero-order chi connectivity index (χ0) is 2.99. The fourth-order valence-electron chi connectivity index (χ4n) is 0.167. The molecule has 0 atom stereocenters. The summed E-state index contributed by atoms with van der Waals surface area (Å²) < 4.78 is 0. The third kappa shape index (κ3) is 2.28. The van der Waals surface area contributed by atoms with Crippen molar-refractivity contribution in [3.63, 3.8) is 0 Å². The molecular formula is C4H8Br-. The number of hydrogen-bond donors (Lipinski definition) is 0. The average Bonchev–Trinajstić information content (AvgIpc) is 1.75. The molecule has 1 fully saturated rings. The van der Waals surface area contributed by atoms with Gasteiger partial charge in [0.1, 0.15) is 0 Å². The van der Waals surface area contributed by atoms with Crippen LogP contribution in [0.3, 0.4) is 0 Å². The standard InChI is InChI=1S/C4H8.BrH/c1-4-2-3-4;/h4H,2-3H2,1H3;1H/p-1. The van der Waals surface area contributed by atoms with Crippen LogP contribution >= 0.6 is 0 Å². The van der Waals surface area contributed by atoms with Crippen LogP contribution in [0, 0.1) is 5.92 Å². The van der Waals surface area contributed by atoms with Gasteiger partial charge in [-0.3, -0.25) is 0 Å². The van der Waals surface area contributed by atoms with E-state index in [1.807, 2.05) is 0 Å². The van der Waals surface area contributed by atoms with E-state index >= 15 is 0 Å². The molecule has 0 N–H and O–H groups in total. The smallest absolute Gasteiger partial charge is 0.0443 e. The van der Waals surface area contributed by atoms with Gasteiger partial charge in [-0.25, -0.2) is 0 Å². The topological polar surface area (TPSA) is 0 Å². The minimum Gasteiger partial charge on any atom is -1.00 e. The van der Waals surface area contributed by atoms with Crippen molar-refractivity contribution >= 4 is 0 Å². The van der Waals surface area contributed by atoms with Gasteiger partial charge in [0.15, 0.2) is 0 Å². The summed E-state index contributed by atoms with van der Waals surface area (Å²) in [5, 5.41) is 0. The van der Waals surface area contributed by atoms with Crippen molar-refractivity contribution in [3.8, 4) is 0 Å². The third-order valence-corrected chi connectivity index (χ3v) is 0.866. The zero-order valence-corrected chi connectivity index (χ0v) is 4.96. The van der Waals surface area contributed by atoms with E-state index in [1.54, 1.807) is 0 Å². The quantitative estimate of drug-likeness (QED) is 0.377. The first-order valence-corrected chi connectivity index (χ1v) is 1.89. The van der Waals surface area contributed by atoms with Gasteiger partial charge in [-0.2, -0.15) is 0 Å². The lowest BCUT2D eigenvalue weighted by Gasteiger charge is -1.53. The highest BCUT2D eigenvalue weighted by Crippen LogP contribution is 2.26. The zero-order valence-electron chi connectivity index (χ0n) is 3.37. The summed E-state index contributed by atoms with van der Waals surface area (Å²) in [6.45, 7) is 2.28. The van der Waals surface area contributed by atoms with E-state index in [2.05, 4.69) is 6.92 Å². The average molecular weight is 136 g/mol. The highest BCUT2D eigenvalue weighted by Gasteiger charge is 2.12. The molecule has 0 nitrogen and oxygen atoms in total. The van der Waals surface area contributed by atoms with Crippen LogP contribution in [0.4, 0.5) is 0 Å². The fraction of sp³-hybridized carbons (Fsp3) is 1.00. The van der Waals surface area contributed by atoms with Gasteiger partial charge in [0.25, 0.3) is 0 Å². The van der Waals surface area contributed by atoms with E-state index < -0.39 is 0 Å². The van der Waals surface area contributed by atoms with Crippen molar-refractivity contribution in [2.24, 2.45) is 5.92 Å². The van der Waals surface area contributed by atoms with Crippen LogP contribution in [0.1, 0.15) is 19.8 Å². The summed E-state index contributed by atoms with van der Waals surface area (Å²) in [5.41, 5.74) is 0. The fourth-order valence-corrected chi connectivity index (χ4v) is 0.167. The first kappa shape index (κ1) is 5.48. The molecule has 0 aromatic rings. The van der Waals surface area contributed by atoms with Crippen LogP contribution in [0.15, 0.2) is 0 Å². The monoisotopic (exact) mass is 135 g/mol. The molecule has 5 heavy (non-hydrogen) atoms. The van der Waals surface area contributed by atoms with Gasteiger partial charge in [0, 0.05) is 0 Å². The summed E-state index contributed by atoms with van der Waals surface area (Å²) in [6, 6.07) is 0. The predicted octanol–water partition coefficient (Wildman–Crippen LogP) is -1.58. The molecule has 0 aromatic heterocycles. The van der Waals surface area contributed by atoms with E-state index in [4.69, 9.17) is 0 Å². The molecule has 1 rings (SSSR count). The van der Waals surface area contributed by atoms with Gasteiger partial charge in [-0.1, -0.05) is 19.8 Å². The Morgan fingerprint density at radius 2 is 1.60 bits per heavy atom. The molecule has 1 aliphatic carbocycles. The minimum absolute atomic E-state index is 0. The van der Waals surface area contributed by atoms with Crippen LogP contribution in [0.25, 0.3) is 0 Å². The number of rotatable bonds is 0. The Balaban J connectivity index is 0.000000160. The molecule has 1 heteroatoms. The van der Waals surface area contributed by atoms with E-state index in [0.29, 0.717) is 0 Å². The van der Waals surface area contributed by atoms with Crippen molar-refractivity contribution < 1.29 is 17.0 Å². The minimum atomic E-state index is 0.